The van der Waals surface area contributed by atoms with Crippen molar-refractivity contribution in [2.45, 2.75) is 18.5 Å². The standard InChI is InChI=1S/C13H14N4S/c1-2-12-15-16-13-17(12)14-9-8-11(18-13)10-6-4-3-5-7-10/h3-8,14H,2,9H2,1H3. The molecule has 0 radical (unpaired) electrons. The molecule has 0 atom stereocenters. The van der Waals surface area contributed by atoms with Crippen molar-refractivity contribution < 1.29 is 0 Å². The van der Waals surface area contributed by atoms with E-state index in [1.807, 2.05) is 10.7 Å². The topological polar surface area (TPSA) is 42.7 Å². The van der Waals surface area contributed by atoms with E-state index in [9.17, 15) is 0 Å². The van der Waals surface area contributed by atoms with E-state index in [2.05, 4.69) is 52.9 Å². The molecule has 3 rings (SSSR count). The molecule has 0 spiro atoms. The first-order valence-electron chi connectivity index (χ1n) is 6.00. The molecule has 2 heterocycles. The van der Waals surface area contributed by atoms with Crippen LogP contribution in [0.5, 0.6) is 0 Å². The second-order valence-corrected chi connectivity index (χ2v) is 5.00. The SMILES string of the molecule is CCc1nnc2n1NCC=C(c1ccccc1)S2. The Hall–Kier alpha value is -1.75. The molecule has 0 saturated heterocycles. The summed E-state index contributed by atoms with van der Waals surface area (Å²) in [6, 6.07) is 10.4. The molecule has 0 saturated carbocycles. The van der Waals surface area contributed by atoms with Crippen LogP contribution in [0.25, 0.3) is 4.91 Å². The Morgan fingerprint density at radius 1 is 1.28 bits per heavy atom. The summed E-state index contributed by atoms with van der Waals surface area (Å²) in [5.41, 5.74) is 4.54. The summed E-state index contributed by atoms with van der Waals surface area (Å²) >= 11 is 1.66. The molecular weight excluding hydrogens is 244 g/mol. The molecule has 0 amide bonds. The third kappa shape index (κ3) is 2.01. The smallest absolute Gasteiger partial charge is 0.214 e. The van der Waals surface area contributed by atoms with Crippen molar-refractivity contribution in [1.29, 1.82) is 0 Å². The van der Waals surface area contributed by atoms with Crippen LogP contribution >= 0.6 is 11.8 Å². The van der Waals surface area contributed by atoms with Gasteiger partial charge < -0.3 is 5.43 Å². The molecule has 4 nitrogen and oxygen atoms in total. The molecule has 1 aliphatic rings. The van der Waals surface area contributed by atoms with Crippen molar-refractivity contribution in [2.75, 3.05) is 12.0 Å². The summed E-state index contributed by atoms with van der Waals surface area (Å²) in [6.07, 6.45) is 3.06. The second-order valence-electron chi connectivity index (χ2n) is 3.99. The Labute approximate surface area is 110 Å². The molecule has 0 aliphatic carbocycles. The van der Waals surface area contributed by atoms with Crippen molar-refractivity contribution in [3.8, 4) is 0 Å². The first kappa shape index (κ1) is 11.3. The number of hydrogen-bond donors (Lipinski definition) is 1. The Morgan fingerprint density at radius 2 is 2.11 bits per heavy atom. The van der Waals surface area contributed by atoms with E-state index >= 15 is 0 Å². The Bertz CT molecular complexity index is 574. The van der Waals surface area contributed by atoms with E-state index in [-0.39, 0.29) is 0 Å². The van der Waals surface area contributed by atoms with E-state index in [1.54, 1.807) is 11.8 Å². The average molecular weight is 258 g/mol. The summed E-state index contributed by atoms with van der Waals surface area (Å²) in [4.78, 5) is 1.22. The van der Waals surface area contributed by atoms with Gasteiger partial charge >= 0.3 is 0 Å². The zero-order chi connectivity index (χ0) is 12.4. The normalized spacial score (nSPS) is 14.4. The summed E-state index contributed by atoms with van der Waals surface area (Å²) < 4.78 is 1.98. The Kier molecular flexibility index (Phi) is 3.06. The molecule has 0 unspecified atom stereocenters. The molecule has 1 aromatic carbocycles. The maximum absolute atomic E-state index is 4.24. The van der Waals surface area contributed by atoms with E-state index in [1.165, 1.54) is 10.5 Å². The summed E-state index contributed by atoms with van der Waals surface area (Å²) in [6.45, 7) is 2.87. The van der Waals surface area contributed by atoms with Gasteiger partial charge in [-0.2, -0.15) is 0 Å². The summed E-state index contributed by atoms with van der Waals surface area (Å²) in [5.74, 6) is 0.972. The second kappa shape index (κ2) is 4.86. The minimum atomic E-state index is 0.787. The zero-order valence-corrected chi connectivity index (χ0v) is 10.9. The van der Waals surface area contributed by atoms with Crippen molar-refractivity contribution >= 4 is 16.7 Å². The van der Waals surface area contributed by atoms with Crippen molar-refractivity contribution in [3.05, 3.63) is 47.8 Å². The predicted octanol–water partition coefficient (Wildman–Crippen LogP) is 2.53. The van der Waals surface area contributed by atoms with Crippen molar-refractivity contribution in [3.63, 3.8) is 0 Å². The maximum atomic E-state index is 4.24. The molecule has 5 heteroatoms. The number of nitrogens with zero attached hydrogens (tertiary/aromatic N) is 3. The molecule has 1 aliphatic heterocycles. The largest absolute Gasteiger partial charge is 0.318 e. The number of fused-ring (bicyclic) bond motifs is 1. The van der Waals surface area contributed by atoms with Gasteiger partial charge in [0, 0.05) is 11.3 Å². The highest BCUT2D eigenvalue weighted by Crippen LogP contribution is 2.34. The van der Waals surface area contributed by atoms with Crippen LogP contribution in [-0.2, 0) is 6.42 Å². The maximum Gasteiger partial charge on any atom is 0.214 e. The molecule has 1 aromatic heterocycles. The molecule has 0 bridgehead atoms. The molecule has 2 aromatic rings. The van der Waals surface area contributed by atoms with Gasteiger partial charge in [-0.05, 0) is 23.4 Å². The minimum Gasteiger partial charge on any atom is -0.318 e. The van der Waals surface area contributed by atoms with Gasteiger partial charge in [-0.25, -0.2) is 4.68 Å². The summed E-state index contributed by atoms with van der Waals surface area (Å²) in [5, 5.41) is 9.33. The molecule has 18 heavy (non-hydrogen) atoms. The van der Waals surface area contributed by atoms with Gasteiger partial charge in [0.2, 0.25) is 5.16 Å². The fraction of sp³-hybridized carbons (Fsp3) is 0.231. The first-order chi connectivity index (χ1) is 8.88. The van der Waals surface area contributed by atoms with E-state index in [0.29, 0.717) is 0 Å². The molecular formula is C13H14N4S. The number of hydrogen-bond acceptors (Lipinski definition) is 4. The molecule has 1 N–H and O–H groups in total. The highest BCUT2D eigenvalue weighted by molar-refractivity contribution is 8.08. The fourth-order valence-corrected chi connectivity index (χ4v) is 2.86. The molecule has 0 fully saturated rings. The van der Waals surface area contributed by atoms with Crippen LogP contribution < -0.4 is 5.43 Å². The third-order valence-electron chi connectivity index (χ3n) is 2.81. The van der Waals surface area contributed by atoms with Gasteiger partial charge in [0.05, 0.1) is 6.54 Å². The van der Waals surface area contributed by atoms with Gasteiger partial charge in [-0.15, -0.1) is 10.2 Å². The van der Waals surface area contributed by atoms with Crippen LogP contribution in [0.15, 0.2) is 41.6 Å². The quantitative estimate of drug-likeness (QED) is 0.899. The van der Waals surface area contributed by atoms with Gasteiger partial charge in [0.15, 0.2) is 5.82 Å². The average Bonchev–Trinajstić information content (AvgIpc) is 2.68. The Balaban J connectivity index is 1.94. The van der Waals surface area contributed by atoms with Crippen molar-refractivity contribution in [2.24, 2.45) is 0 Å². The lowest BCUT2D eigenvalue weighted by atomic mass is 10.2. The van der Waals surface area contributed by atoms with Gasteiger partial charge in [0.25, 0.3) is 0 Å². The number of nitrogens with one attached hydrogen (secondary N) is 1. The van der Waals surface area contributed by atoms with Gasteiger partial charge in [-0.1, -0.05) is 37.3 Å². The van der Waals surface area contributed by atoms with E-state index in [0.717, 1.165) is 23.9 Å². The van der Waals surface area contributed by atoms with Crippen LogP contribution in [0.1, 0.15) is 18.3 Å². The number of benzene rings is 1. The fourth-order valence-electron chi connectivity index (χ4n) is 1.90. The number of thioether (sulfide) groups is 1. The summed E-state index contributed by atoms with van der Waals surface area (Å²) in [7, 11) is 0. The lowest BCUT2D eigenvalue weighted by Gasteiger charge is -2.06. The highest BCUT2D eigenvalue weighted by atomic mass is 32.2. The van der Waals surface area contributed by atoms with Crippen LogP contribution in [-0.4, -0.2) is 21.4 Å². The van der Waals surface area contributed by atoms with E-state index in [4.69, 9.17) is 0 Å². The number of aryl methyl sites for hydroxylation is 1. The first-order valence-corrected chi connectivity index (χ1v) is 6.81. The highest BCUT2D eigenvalue weighted by Gasteiger charge is 2.16. The zero-order valence-electron chi connectivity index (χ0n) is 10.1. The third-order valence-corrected chi connectivity index (χ3v) is 3.88. The monoisotopic (exact) mass is 258 g/mol. The predicted molar refractivity (Wildman–Crippen MR) is 73.9 cm³/mol. The number of rotatable bonds is 2. The van der Waals surface area contributed by atoms with Crippen LogP contribution in [0.4, 0.5) is 0 Å². The van der Waals surface area contributed by atoms with Gasteiger partial charge in [0.1, 0.15) is 0 Å². The van der Waals surface area contributed by atoms with Crippen LogP contribution in [0.2, 0.25) is 0 Å². The Morgan fingerprint density at radius 3 is 2.89 bits per heavy atom. The van der Waals surface area contributed by atoms with Crippen LogP contribution in [0.3, 0.4) is 0 Å². The lowest BCUT2D eigenvalue weighted by molar-refractivity contribution is 0.741. The molecule has 92 valence electrons. The van der Waals surface area contributed by atoms with E-state index < -0.39 is 0 Å². The lowest BCUT2D eigenvalue weighted by Crippen LogP contribution is -2.17. The van der Waals surface area contributed by atoms with Crippen molar-refractivity contribution in [1.82, 2.24) is 14.9 Å². The van der Waals surface area contributed by atoms with Gasteiger partial charge in [-0.3, -0.25) is 0 Å². The minimum absolute atomic E-state index is 0.787. The van der Waals surface area contributed by atoms with Crippen LogP contribution in [0, 0.1) is 0 Å². The number of aromatic nitrogens is 3.